The number of carbonyl (C=O) groups is 21. The van der Waals surface area contributed by atoms with E-state index < -0.39 is 237 Å². The van der Waals surface area contributed by atoms with Crippen molar-refractivity contribution < 1.29 is 131 Å². The Morgan fingerprint density at radius 3 is 1.39 bits per heavy atom. The minimum absolute atomic E-state index is 0.0442. The van der Waals surface area contributed by atoms with Crippen molar-refractivity contribution in [3.63, 3.8) is 0 Å². The number of aliphatic carboxylic acids is 2. The molecule has 48 heteroatoms. The molecule has 119 heavy (non-hydrogen) atoms. The van der Waals surface area contributed by atoms with Crippen LogP contribution in [0.15, 0.2) is 24.3 Å². The minimum atomic E-state index is -2.31. The average Bonchev–Trinajstić information content (AvgIpc) is 1.80. The van der Waals surface area contributed by atoms with E-state index in [0.717, 1.165) is 39.8 Å². The molecule has 1 aliphatic heterocycles. The number of aliphatic hydroxyl groups is 3. The molecule has 664 valence electrons. The maximum absolute atomic E-state index is 15.1. The number of carboxylic acids is 2. The van der Waals surface area contributed by atoms with Gasteiger partial charge in [-0.3, -0.25) is 100 Å². The van der Waals surface area contributed by atoms with Crippen molar-refractivity contribution in [1.82, 2.24) is 99.8 Å². The molecule has 26 N–H and O–H groups in total. The summed E-state index contributed by atoms with van der Waals surface area (Å²) in [6.45, 7) is 6.71. The highest BCUT2D eigenvalue weighted by Gasteiger charge is 2.43. The first-order valence-corrected chi connectivity index (χ1v) is 37.7. The first-order chi connectivity index (χ1) is 56.1. The van der Waals surface area contributed by atoms with Crippen LogP contribution in [0.4, 0.5) is 0 Å². The summed E-state index contributed by atoms with van der Waals surface area (Å²) in [7, 11) is 2.00. The Labute approximate surface area is 683 Å². The molecule has 1 fully saturated rings. The van der Waals surface area contributed by atoms with Crippen LogP contribution in [-0.4, -0.2) is 341 Å². The maximum atomic E-state index is 15.1. The number of aliphatic hydroxyl groups excluding tert-OH is 3. The number of benzene rings is 1. The molecule has 48 nitrogen and oxygen atoms in total. The fourth-order valence-electron chi connectivity index (χ4n) is 11.2. The lowest BCUT2D eigenvalue weighted by Gasteiger charge is -2.33. The monoisotopic (exact) mass is 1690 g/mol. The van der Waals surface area contributed by atoms with Crippen molar-refractivity contribution >= 4 is 127 Å². The molecule has 0 saturated carbocycles. The molecule has 0 spiro atoms. The first kappa shape index (κ1) is 104. The van der Waals surface area contributed by atoms with Gasteiger partial charge in [-0.05, 0) is 89.0 Å². The SMILES string of the molecule is CC[C@@H](C)[C@H](C=O)N[C@H](NC(=O)CN(C)C(=O)[C@@H](NC(=O)CN(C)C(=O)[C@@H](NC(=O)[C@H](C)NC(=O)[C@H]1CCCN1C(=O)[C@@H](NC(=O)[C@@H](NC(=O)[C@@H](NC(=O)[C@@H](NC(=O)[C@@H](N)N[C@@H](C=O)CO)N[C@@H](C=O)[C@H](C)O)N[C@@H](C=O)CCCCN)N[C@@H](C=O)[C@H](C)O)N[C@@H](C=O)C(C)C)N[C@@H](C=O)Cc1ccc(O)cc1)N[C@@H](C=O)CC(=O)O)C(=O)O. The molecule has 1 aromatic rings. The van der Waals surface area contributed by atoms with E-state index in [1.54, 1.807) is 13.8 Å². The van der Waals surface area contributed by atoms with Gasteiger partial charge in [0.25, 0.3) is 41.4 Å². The van der Waals surface area contributed by atoms with Gasteiger partial charge in [-0.2, -0.15) is 0 Å². The second-order valence-electron chi connectivity index (χ2n) is 28.3. The Morgan fingerprint density at radius 2 is 0.950 bits per heavy atom. The number of phenols is 1. The number of carboxylic acid groups (broad SMARTS) is 2. The molecule has 0 radical (unpaired) electrons. The fourth-order valence-corrected chi connectivity index (χ4v) is 11.2. The molecular weight excluding hydrogens is 1580 g/mol. The third kappa shape index (κ3) is 35.6. The highest BCUT2D eigenvalue weighted by atomic mass is 16.4. The van der Waals surface area contributed by atoms with Gasteiger partial charge in [0.1, 0.15) is 74.3 Å². The number of aromatic hydroxyl groups is 1. The van der Waals surface area contributed by atoms with E-state index >= 15 is 4.79 Å². The Hall–Kier alpha value is -11.0. The number of rotatable bonds is 60. The molecule has 1 heterocycles. The van der Waals surface area contributed by atoms with Crippen LogP contribution in [0.5, 0.6) is 5.75 Å². The number of aldehydes is 8. The third-order valence-corrected chi connectivity index (χ3v) is 18.4. The average molecular weight is 1690 g/mol. The minimum Gasteiger partial charge on any atom is -0.508 e. The summed E-state index contributed by atoms with van der Waals surface area (Å²) in [5.41, 5.74) is 11.9. The normalized spacial score (nSPS) is 17.6. The zero-order chi connectivity index (χ0) is 90.1. The smallest absolute Gasteiger partial charge is 0.341 e. The number of likely N-dealkylation sites (N-methyl/N-ethyl adjacent to an activating group) is 2. The van der Waals surface area contributed by atoms with Crippen molar-refractivity contribution in [3.8, 4) is 5.75 Å². The third-order valence-electron chi connectivity index (χ3n) is 18.4. The standard InChI is InChI=1S/C71H113N21O27/c1-10-36(4)47(32-99)80-61(71(118)119)84-52(106)25-90(8)68(115)58(78-43(28-95)23-53(107)108)83-51(105)24-91(9)69(116)59(77-42(27-94)22-40-16-18-45(104)19-17-40)88-62(109)37(5)74-63(110)50-15-13-21-92(50)70(117)60(79-46(31-98)35(2)3)89-67(114)57(82-49(34-101)39(7)103)87-65(112)55(76-41(26-93)14-11-12-20-72)86-66(113)56(81-48(33-100)38(6)102)85-64(111)54(73)75-44(29-96)30-97/h16-19,26-29,31-39,41-44,46-50,54-61,75-82,97,102-104H,10-15,20-25,30,72-73H2,1-9H3,(H,74,110)(H,83,105)(H,84,106)(H,85,111)(H,86,113)(H,87,112)(H,88,109)(H,89,114)(H,107,108)(H,118,119)/t36-,37+,38+,39+,41-,42-,43-,44+,46+,47+,48+,49+,50-,54+,55-,56-,57-,58-,59-,60-,61-/m1/s1. The summed E-state index contributed by atoms with van der Waals surface area (Å²) in [5.74, 6) is -18.4. The summed E-state index contributed by atoms with van der Waals surface area (Å²) in [6.07, 6.45) is -18.3. The highest BCUT2D eigenvalue weighted by molar-refractivity contribution is 5.99. The largest absolute Gasteiger partial charge is 0.508 e. The second kappa shape index (κ2) is 53.4. The van der Waals surface area contributed by atoms with Crippen molar-refractivity contribution in [3.05, 3.63) is 29.8 Å². The van der Waals surface area contributed by atoms with E-state index in [4.69, 9.17) is 11.5 Å². The molecule has 1 aliphatic rings. The summed E-state index contributed by atoms with van der Waals surface area (Å²) in [4.78, 5) is 281. The van der Waals surface area contributed by atoms with Crippen molar-refractivity contribution in [2.75, 3.05) is 46.9 Å². The summed E-state index contributed by atoms with van der Waals surface area (Å²) in [5, 5.41) is 97.5. The molecular formula is C71H113N21O27. The first-order valence-electron chi connectivity index (χ1n) is 37.7. The molecule has 0 unspecified atom stereocenters. The predicted molar refractivity (Wildman–Crippen MR) is 412 cm³/mol. The number of hydrogen-bond acceptors (Lipinski definition) is 35. The molecule has 1 aromatic carbocycles. The summed E-state index contributed by atoms with van der Waals surface area (Å²) in [6, 6.07) is -9.51. The van der Waals surface area contributed by atoms with Crippen LogP contribution in [0.1, 0.15) is 99.0 Å². The molecule has 2 rings (SSSR count). The number of nitrogens with one attached hydrogen (secondary N) is 16. The molecule has 21 atom stereocenters. The van der Waals surface area contributed by atoms with Gasteiger partial charge in [0.15, 0.2) is 43.2 Å². The quantitative estimate of drug-likeness (QED) is 0.0164. The van der Waals surface area contributed by atoms with Crippen LogP contribution >= 0.6 is 0 Å². The Kier molecular flexibility index (Phi) is 46.7. The number of likely N-dealkylation sites (tertiary alicyclic amines) is 1. The molecule has 0 aliphatic carbocycles. The van der Waals surface area contributed by atoms with E-state index in [1.165, 1.54) is 38.1 Å². The zero-order valence-corrected chi connectivity index (χ0v) is 67.1. The second-order valence-corrected chi connectivity index (χ2v) is 28.3. The van der Waals surface area contributed by atoms with E-state index in [1.807, 2.05) is 0 Å². The lowest BCUT2D eigenvalue weighted by molar-refractivity contribution is -0.145. The van der Waals surface area contributed by atoms with Gasteiger partial charge in [-0.25, -0.2) is 4.79 Å². The van der Waals surface area contributed by atoms with Crippen molar-refractivity contribution in [1.29, 1.82) is 0 Å². The molecule has 1 saturated heterocycles. The summed E-state index contributed by atoms with van der Waals surface area (Å²) >= 11 is 0. The number of nitrogens with two attached hydrogens (primary N) is 2. The van der Waals surface area contributed by atoms with Crippen molar-refractivity contribution in [2.45, 2.75) is 222 Å². The number of carbonyl (C=O) groups excluding carboxylic acids is 19. The zero-order valence-electron chi connectivity index (χ0n) is 67.1. The highest BCUT2D eigenvalue weighted by Crippen LogP contribution is 2.20. The van der Waals surface area contributed by atoms with Crippen LogP contribution < -0.4 is 96.5 Å². The van der Waals surface area contributed by atoms with Crippen LogP contribution in [0, 0.1) is 11.8 Å². The van der Waals surface area contributed by atoms with Gasteiger partial charge in [0.2, 0.25) is 23.6 Å². The van der Waals surface area contributed by atoms with E-state index in [2.05, 4.69) is 85.1 Å². The van der Waals surface area contributed by atoms with E-state index in [0.29, 0.717) is 53.3 Å². The van der Waals surface area contributed by atoms with Gasteiger partial charge in [-0.15, -0.1) is 0 Å². The van der Waals surface area contributed by atoms with E-state index in [-0.39, 0.29) is 76.1 Å². The van der Waals surface area contributed by atoms with Crippen LogP contribution in [-0.2, 0) is 107 Å². The predicted octanol–water partition coefficient (Wildman–Crippen LogP) is -12.9. The van der Waals surface area contributed by atoms with Gasteiger partial charge < -0.3 is 138 Å². The number of unbranched alkanes of at least 4 members (excludes halogenated alkanes) is 1. The van der Waals surface area contributed by atoms with Crippen LogP contribution in [0.3, 0.4) is 0 Å². The Bertz CT molecular complexity index is 3620. The number of phenolic OH excluding ortho intramolecular Hbond substituents is 1. The van der Waals surface area contributed by atoms with Crippen LogP contribution in [0.25, 0.3) is 0 Å². The fraction of sp³-hybridized carbons (Fsp3) is 0.620. The van der Waals surface area contributed by atoms with Crippen molar-refractivity contribution in [2.24, 2.45) is 23.3 Å². The molecule has 11 amide bonds. The topological polar surface area (TPSA) is 734 Å². The van der Waals surface area contributed by atoms with Gasteiger partial charge in [0, 0.05) is 20.6 Å². The number of hydrogen-bond donors (Lipinski definition) is 24. The number of nitrogens with zero attached hydrogens (tertiary/aromatic N) is 3. The van der Waals surface area contributed by atoms with Gasteiger partial charge in [0.05, 0.1) is 86.7 Å². The van der Waals surface area contributed by atoms with Gasteiger partial charge >= 0.3 is 11.9 Å². The Balaban J connectivity index is 2.70. The number of amides is 11. The molecule has 0 bridgehead atoms. The van der Waals surface area contributed by atoms with Gasteiger partial charge in [-0.1, -0.05) is 52.7 Å². The molecule has 0 aromatic heterocycles. The van der Waals surface area contributed by atoms with E-state index in [9.17, 15) is 127 Å². The lowest BCUT2D eigenvalue weighted by Crippen LogP contribution is -2.70. The Morgan fingerprint density at radius 1 is 0.513 bits per heavy atom. The summed E-state index contributed by atoms with van der Waals surface area (Å²) < 4.78 is 0. The maximum Gasteiger partial charge on any atom is 0.341 e. The lowest BCUT2D eigenvalue weighted by atomic mass is 10.0. The van der Waals surface area contributed by atoms with Crippen LogP contribution in [0.2, 0.25) is 0 Å².